The second kappa shape index (κ2) is 6.94. The maximum Gasteiger partial charge on any atom is 0.262 e. The van der Waals surface area contributed by atoms with Crippen LogP contribution in [-0.4, -0.2) is 10.1 Å². The molecule has 1 heterocycles. The van der Waals surface area contributed by atoms with Gasteiger partial charge in [-0.3, -0.25) is 4.79 Å². The number of aromatic nitrogens is 1. The summed E-state index contributed by atoms with van der Waals surface area (Å²) >= 11 is 3.32. The number of benzene rings is 1. The molecule has 4 heteroatoms. The molecule has 1 aliphatic carbocycles. The predicted octanol–water partition coefficient (Wildman–Crippen LogP) is 3.89. The number of aromatic hydroxyl groups is 1. The largest absolute Gasteiger partial charge is 0.508 e. The van der Waals surface area contributed by atoms with Crippen molar-refractivity contribution < 1.29 is 5.11 Å². The van der Waals surface area contributed by atoms with E-state index in [0.29, 0.717) is 5.75 Å². The third-order valence-corrected chi connectivity index (χ3v) is 4.59. The van der Waals surface area contributed by atoms with Crippen molar-refractivity contribution in [3.8, 4) is 5.75 Å². The average Bonchev–Trinajstić information content (AvgIpc) is 2.96. The fourth-order valence-electron chi connectivity index (χ4n) is 2.61. The van der Waals surface area contributed by atoms with Gasteiger partial charge in [-0.25, -0.2) is 0 Å². The summed E-state index contributed by atoms with van der Waals surface area (Å²) in [5.74, 6) is 0.356. The molecule has 3 nitrogen and oxygen atoms in total. The molecule has 2 aromatic rings. The zero-order valence-corrected chi connectivity index (χ0v) is 14.0. The van der Waals surface area contributed by atoms with Gasteiger partial charge in [-0.2, -0.15) is 0 Å². The van der Waals surface area contributed by atoms with E-state index in [2.05, 4.69) is 27.8 Å². The Morgan fingerprint density at radius 3 is 2.62 bits per heavy atom. The summed E-state index contributed by atoms with van der Waals surface area (Å²) in [5.41, 5.74) is 4.77. The zero-order valence-electron chi connectivity index (χ0n) is 12.4. The molecule has 0 atom stereocenters. The van der Waals surface area contributed by atoms with Crippen LogP contribution < -0.4 is 5.56 Å². The van der Waals surface area contributed by atoms with E-state index in [4.69, 9.17) is 5.11 Å². The van der Waals surface area contributed by atoms with Crippen LogP contribution in [0.5, 0.6) is 5.75 Å². The summed E-state index contributed by atoms with van der Waals surface area (Å²) < 4.78 is 0.737. The number of phenols is 1. The highest BCUT2D eigenvalue weighted by Crippen LogP contribution is 2.27. The molecule has 112 valence electrons. The molecule has 0 saturated heterocycles. The molecule has 0 radical (unpaired) electrons. The lowest BCUT2D eigenvalue weighted by Gasteiger charge is -2.04. The number of hydrogen-bond donors (Lipinski definition) is 2. The number of halogens is 1. The Kier molecular flexibility index (Phi) is 5.23. The summed E-state index contributed by atoms with van der Waals surface area (Å²) in [5, 5.41) is 8.94. The Labute approximate surface area is 133 Å². The van der Waals surface area contributed by atoms with Crippen LogP contribution in [0.1, 0.15) is 35.7 Å². The van der Waals surface area contributed by atoms with Crippen LogP contribution in [0, 0.1) is 6.92 Å². The van der Waals surface area contributed by atoms with Crippen molar-refractivity contribution in [2.45, 2.75) is 39.5 Å². The average molecular weight is 350 g/mol. The quantitative estimate of drug-likeness (QED) is 0.820. The van der Waals surface area contributed by atoms with Crippen LogP contribution in [0.2, 0.25) is 0 Å². The van der Waals surface area contributed by atoms with Crippen molar-refractivity contribution in [3.63, 3.8) is 0 Å². The SMILES string of the molecule is CCc1cccc(O)c1.Cc1[nH]c(=O)c(Br)c2c1CCC2. The van der Waals surface area contributed by atoms with Gasteiger partial charge in [-0.15, -0.1) is 0 Å². The summed E-state index contributed by atoms with van der Waals surface area (Å²) in [6.07, 6.45) is 4.30. The Morgan fingerprint density at radius 1 is 1.29 bits per heavy atom. The number of nitrogens with one attached hydrogen (secondary N) is 1. The van der Waals surface area contributed by atoms with Crippen LogP contribution in [0.4, 0.5) is 0 Å². The smallest absolute Gasteiger partial charge is 0.262 e. The van der Waals surface area contributed by atoms with Gasteiger partial charge in [0.25, 0.3) is 5.56 Å². The third kappa shape index (κ3) is 3.76. The van der Waals surface area contributed by atoms with Crippen molar-refractivity contribution in [2.24, 2.45) is 0 Å². The molecule has 0 saturated carbocycles. The molecule has 0 bridgehead atoms. The normalized spacial score (nSPS) is 12.5. The van der Waals surface area contributed by atoms with Gasteiger partial charge < -0.3 is 10.1 Å². The lowest BCUT2D eigenvalue weighted by atomic mass is 10.1. The number of fused-ring (bicyclic) bond motifs is 1. The van der Waals surface area contributed by atoms with Crippen molar-refractivity contribution >= 4 is 15.9 Å². The zero-order chi connectivity index (χ0) is 15.4. The molecule has 1 aromatic heterocycles. The molecule has 1 aromatic carbocycles. The molecule has 0 unspecified atom stereocenters. The van der Waals surface area contributed by atoms with Crippen molar-refractivity contribution in [1.82, 2.24) is 4.98 Å². The second-order valence-corrected chi connectivity index (χ2v) is 6.02. The first-order valence-corrected chi connectivity index (χ1v) is 8.00. The first-order valence-electron chi connectivity index (χ1n) is 7.21. The van der Waals surface area contributed by atoms with E-state index in [9.17, 15) is 4.79 Å². The number of phenolic OH excluding ortho intramolecular Hbond substituents is 1. The highest BCUT2D eigenvalue weighted by Gasteiger charge is 2.18. The molecule has 0 aliphatic heterocycles. The summed E-state index contributed by atoms with van der Waals surface area (Å²) in [7, 11) is 0. The standard InChI is InChI=1S/C9H10BrNO.C8H10O/c1-5-6-3-2-4-7(6)8(10)9(12)11-5;1-2-7-4-3-5-8(9)6-7/h2-4H2,1H3,(H,11,12);3-6,9H,2H2,1H3. The van der Waals surface area contributed by atoms with Gasteiger partial charge in [0.05, 0.1) is 4.47 Å². The van der Waals surface area contributed by atoms with Crippen LogP contribution in [0.25, 0.3) is 0 Å². The minimum atomic E-state index is 0.00755. The minimum absolute atomic E-state index is 0.00755. The van der Waals surface area contributed by atoms with Crippen molar-refractivity contribution in [1.29, 1.82) is 0 Å². The summed E-state index contributed by atoms with van der Waals surface area (Å²) in [6, 6.07) is 7.31. The summed E-state index contributed by atoms with van der Waals surface area (Å²) in [4.78, 5) is 14.1. The first kappa shape index (κ1) is 15.8. The maximum absolute atomic E-state index is 11.3. The number of H-pyrrole nitrogens is 1. The highest BCUT2D eigenvalue weighted by atomic mass is 79.9. The van der Waals surface area contributed by atoms with Crippen LogP contribution in [0.3, 0.4) is 0 Å². The van der Waals surface area contributed by atoms with E-state index >= 15 is 0 Å². The van der Waals surface area contributed by atoms with Gasteiger partial charge in [0.1, 0.15) is 5.75 Å². The lowest BCUT2D eigenvalue weighted by molar-refractivity contribution is 0.474. The predicted molar refractivity (Wildman–Crippen MR) is 89.0 cm³/mol. The minimum Gasteiger partial charge on any atom is -0.508 e. The Balaban J connectivity index is 0.000000161. The van der Waals surface area contributed by atoms with Crippen molar-refractivity contribution in [2.75, 3.05) is 0 Å². The van der Waals surface area contributed by atoms with E-state index < -0.39 is 0 Å². The lowest BCUT2D eigenvalue weighted by Crippen LogP contribution is -2.12. The van der Waals surface area contributed by atoms with Gasteiger partial charge in [-0.1, -0.05) is 19.1 Å². The first-order chi connectivity index (χ1) is 10.0. The fraction of sp³-hybridized carbons (Fsp3) is 0.353. The third-order valence-electron chi connectivity index (χ3n) is 3.75. The van der Waals surface area contributed by atoms with Crippen LogP contribution in [-0.2, 0) is 19.3 Å². The molecular formula is C17H20BrNO2. The van der Waals surface area contributed by atoms with E-state index in [1.165, 1.54) is 23.1 Å². The fourth-order valence-corrected chi connectivity index (χ4v) is 3.15. The van der Waals surface area contributed by atoms with Gasteiger partial charge >= 0.3 is 0 Å². The Hall–Kier alpha value is -1.55. The van der Waals surface area contributed by atoms with E-state index in [-0.39, 0.29) is 5.56 Å². The number of pyridine rings is 1. The van der Waals surface area contributed by atoms with Gasteiger partial charge in [0.2, 0.25) is 0 Å². The van der Waals surface area contributed by atoms with E-state index in [1.807, 2.05) is 19.1 Å². The monoisotopic (exact) mass is 349 g/mol. The molecule has 21 heavy (non-hydrogen) atoms. The van der Waals surface area contributed by atoms with Gasteiger partial charge in [0.15, 0.2) is 0 Å². The maximum atomic E-state index is 11.3. The molecule has 0 amide bonds. The number of hydrogen-bond acceptors (Lipinski definition) is 2. The van der Waals surface area contributed by atoms with Crippen LogP contribution in [0.15, 0.2) is 33.5 Å². The molecule has 3 rings (SSSR count). The van der Waals surface area contributed by atoms with Gasteiger partial charge in [-0.05, 0) is 77.4 Å². The van der Waals surface area contributed by atoms with Crippen molar-refractivity contribution in [3.05, 3.63) is 61.5 Å². The molecule has 2 N–H and O–H groups in total. The molecule has 1 aliphatic rings. The second-order valence-electron chi connectivity index (χ2n) is 5.23. The number of aryl methyl sites for hydroxylation is 2. The Bertz CT molecular complexity index is 692. The highest BCUT2D eigenvalue weighted by molar-refractivity contribution is 9.10. The molecular weight excluding hydrogens is 330 g/mol. The number of rotatable bonds is 1. The van der Waals surface area contributed by atoms with Crippen LogP contribution >= 0.6 is 15.9 Å². The van der Waals surface area contributed by atoms with Gasteiger partial charge in [0, 0.05) is 5.69 Å². The number of aromatic amines is 1. The molecule has 0 spiro atoms. The Morgan fingerprint density at radius 2 is 2.00 bits per heavy atom. The van der Waals surface area contributed by atoms with E-state index in [1.54, 1.807) is 12.1 Å². The van der Waals surface area contributed by atoms with E-state index in [0.717, 1.165) is 29.4 Å². The summed E-state index contributed by atoms with van der Waals surface area (Å²) in [6.45, 7) is 4.03. The topological polar surface area (TPSA) is 53.1 Å². The molecule has 0 fully saturated rings.